The Morgan fingerprint density at radius 2 is 2.18 bits per heavy atom. The van der Waals surface area contributed by atoms with Crippen LogP contribution in [-0.4, -0.2) is 25.2 Å². The number of anilines is 1. The second-order valence-corrected chi connectivity index (χ2v) is 4.71. The fourth-order valence-electron chi connectivity index (χ4n) is 1.89. The quantitative estimate of drug-likeness (QED) is 0.809. The number of nitrogen functional groups attached to an aromatic ring is 1. The Kier molecular flexibility index (Phi) is 3.54. The second-order valence-electron chi connectivity index (χ2n) is 4.27. The molecule has 5 heteroatoms. The lowest BCUT2D eigenvalue weighted by atomic mass is 9.89. The second kappa shape index (κ2) is 4.94. The third-order valence-electron chi connectivity index (χ3n) is 2.95. The summed E-state index contributed by atoms with van der Waals surface area (Å²) in [6, 6.07) is 5.03. The van der Waals surface area contributed by atoms with Crippen molar-refractivity contribution in [3.8, 4) is 0 Å². The predicted molar refractivity (Wildman–Crippen MR) is 67.1 cm³/mol. The number of amides is 1. The van der Waals surface area contributed by atoms with E-state index < -0.39 is 0 Å². The van der Waals surface area contributed by atoms with E-state index >= 15 is 0 Å². The van der Waals surface area contributed by atoms with Crippen molar-refractivity contribution < 1.29 is 9.53 Å². The molecule has 0 radical (unpaired) electrons. The van der Waals surface area contributed by atoms with Crippen molar-refractivity contribution in [3.63, 3.8) is 0 Å². The summed E-state index contributed by atoms with van der Waals surface area (Å²) in [6.45, 7) is 0. The summed E-state index contributed by atoms with van der Waals surface area (Å²) >= 11 is 5.84. The van der Waals surface area contributed by atoms with Crippen molar-refractivity contribution in [2.24, 2.45) is 0 Å². The Hall–Kier alpha value is -1.26. The lowest BCUT2D eigenvalue weighted by Crippen LogP contribution is -2.47. The monoisotopic (exact) mass is 254 g/mol. The Morgan fingerprint density at radius 3 is 2.76 bits per heavy atom. The van der Waals surface area contributed by atoms with Crippen molar-refractivity contribution in [2.75, 3.05) is 12.8 Å². The summed E-state index contributed by atoms with van der Waals surface area (Å²) in [5.41, 5.74) is 6.62. The van der Waals surface area contributed by atoms with Crippen LogP contribution in [0.2, 0.25) is 5.02 Å². The zero-order chi connectivity index (χ0) is 12.4. The van der Waals surface area contributed by atoms with Gasteiger partial charge in [-0.3, -0.25) is 4.79 Å². The Balaban J connectivity index is 1.96. The zero-order valence-electron chi connectivity index (χ0n) is 9.57. The van der Waals surface area contributed by atoms with Gasteiger partial charge in [0.05, 0.1) is 6.10 Å². The number of carbonyl (C=O) groups is 1. The topological polar surface area (TPSA) is 64.3 Å². The number of hydrogen-bond acceptors (Lipinski definition) is 3. The molecule has 2 rings (SSSR count). The molecule has 0 aliphatic heterocycles. The molecular weight excluding hydrogens is 240 g/mol. The molecule has 1 aliphatic carbocycles. The average Bonchev–Trinajstić information content (AvgIpc) is 2.21. The van der Waals surface area contributed by atoms with Crippen LogP contribution in [0, 0.1) is 0 Å². The molecular formula is C12H15ClN2O2. The van der Waals surface area contributed by atoms with E-state index in [1.807, 2.05) is 0 Å². The predicted octanol–water partition coefficient (Wildman–Crippen LogP) is 1.83. The molecule has 1 amide bonds. The smallest absolute Gasteiger partial charge is 0.251 e. The van der Waals surface area contributed by atoms with Gasteiger partial charge < -0.3 is 15.8 Å². The minimum atomic E-state index is -0.140. The number of nitrogens with two attached hydrogens (primary N) is 1. The molecule has 0 saturated heterocycles. The van der Waals surface area contributed by atoms with E-state index in [1.165, 1.54) is 0 Å². The van der Waals surface area contributed by atoms with Crippen LogP contribution in [0.5, 0.6) is 0 Å². The van der Waals surface area contributed by atoms with Crippen LogP contribution in [-0.2, 0) is 4.74 Å². The molecule has 0 atom stereocenters. The highest BCUT2D eigenvalue weighted by Gasteiger charge is 2.30. The maximum atomic E-state index is 11.9. The Bertz CT molecular complexity index is 410. The summed E-state index contributed by atoms with van der Waals surface area (Å²) < 4.78 is 5.15. The third-order valence-corrected chi connectivity index (χ3v) is 3.16. The minimum absolute atomic E-state index is 0.140. The summed E-state index contributed by atoms with van der Waals surface area (Å²) in [5.74, 6) is -0.140. The molecule has 1 saturated carbocycles. The van der Waals surface area contributed by atoms with Crippen LogP contribution >= 0.6 is 11.6 Å². The van der Waals surface area contributed by atoms with E-state index in [9.17, 15) is 4.79 Å². The van der Waals surface area contributed by atoms with Crippen molar-refractivity contribution in [1.29, 1.82) is 0 Å². The highest BCUT2D eigenvalue weighted by molar-refractivity contribution is 6.31. The number of hydrogen-bond donors (Lipinski definition) is 2. The van der Waals surface area contributed by atoms with Crippen LogP contribution in [0.4, 0.5) is 5.69 Å². The normalized spacial score (nSPS) is 22.9. The van der Waals surface area contributed by atoms with Gasteiger partial charge in [-0.25, -0.2) is 0 Å². The number of ether oxygens (including phenoxy) is 1. The number of halogens is 1. The molecule has 1 aromatic carbocycles. The van der Waals surface area contributed by atoms with Crippen LogP contribution in [0.25, 0.3) is 0 Å². The largest absolute Gasteiger partial charge is 0.399 e. The first-order valence-corrected chi connectivity index (χ1v) is 5.86. The van der Waals surface area contributed by atoms with E-state index in [2.05, 4.69) is 5.32 Å². The first-order chi connectivity index (χ1) is 8.08. The summed E-state index contributed by atoms with van der Waals surface area (Å²) in [6.07, 6.45) is 1.99. The molecule has 3 N–H and O–H groups in total. The molecule has 17 heavy (non-hydrogen) atoms. The van der Waals surface area contributed by atoms with Gasteiger partial charge in [-0.05, 0) is 31.0 Å². The molecule has 0 aromatic heterocycles. The van der Waals surface area contributed by atoms with Gasteiger partial charge in [-0.1, -0.05) is 11.6 Å². The lowest BCUT2D eigenvalue weighted by Gasteiger charge is -2.34. The van der Waals surface area contributed by atoms with Gasteiger partial charge in [0.1, 0.15) is 0 Å². The van der Waals surface area contributed by atoms with Gasteiger partial charge in [0.15, 0.2) is 0 Å². The fourth-order valence-corrected chi connectivity index (χ4v) is 2.13. The van der Waals surface area contributed by atoms with Crippen LogP contribution < -0.4 is 11.1 Å². The maximum Gasteiger partial charge on any atom is 0.251 e. The van der Waals surface area contributed by atoms with E-state index in [0.29, 0.717) is 16.3 Å². The first kappa shape index (κ1) is 12.2. The highest BCUT2D eigenvalue weighted by atomic mass is 35.5. The fraction of sp³-hybridized carbons (Fsp3) is 0.417. The van der Waals surface area contributed by atoms with Crippen molar-refractivity contribution >= 4 is 23.2 Å². The molecule has 1 fully saturated rings. The summed E-state index contributed by atoms with van der Waals surface area (Å²) in [7, 11) is 1.68. The van der Waals surface area contributed by atoms with Gasteiger partial charge in [0.25, 0.3) is 5.91 Å². The Labute approximate surface area is 105 Å². The maximum absolute atomic E-state index is 11.9. The van der Waals surface area contributed by atoms with Gasteiger partial charge >= 0.3 is 0 Å². The molecule has 0 spiro atoms. The third kappa shape index (κ3) is 2.90. The Morgan fingerprint density at radius 1 is 1.47 bits per heavy atom. The zero-order valence-corrected chi connectivity index (χ0v) is 10.3. The number of benzene rings is 1. The van der Waals surface area contributed by atoms with Crippen LogP contribution in [0.3, 0.4) is 0 Å². The molecule has 0 bridgehead atoms. The van der Waals surface area contributed by atoms with Crippen molar-refractivity contribution in [2.45, 2.75) is 25.0 Å². The summed E-state index contributed by atoms with van der Waals surface area (Å²) in [4.78, 5) is 11.9. The van der Waals surface area contributed by atoms with Gasteiger partial charge in [0.2, 0.25) is 0 Å². The summed E-state index contributed by atoms with van der Waals surface area (Å²) in [5, 5.41) is 3.39. The average molecular weight is 255 g/mol. The number of methoxy groups -OCH3 is 1. The molecule has 92 valence electrons. The van der Waals surface area contributed by atoms with Gasteiger partial charge in [-0.15, -0.1) is 0 Å². The molecule has 1 aromatic rings. The SMILES string of the molecule is COC1CC(NC(=O)c2cc(N)cc(Cl)c2)C1. The molecule has 0 heterocycles. The number of carbonyl (C=O) groups excluding carboxylic acids is 1. The highest BCUT2D eigenvalue weighted by Crippen LogP contribution is 2.23. The van der Waals surface area contributed by atoms with Crippen LogP contribution in [0.15, 0.2) is 18.2 Å². The van der Waals surface area contributed by atoms with Gasteiger partial charge in [-0.2, -0.15) is 0 Å². The van der Waals surface area contributed by atoms with E-state index in [1.54, 1.807) is 25.3 Å². The standard InChI is InChI=1S/C12H15ClN2O2/c1-17-11-5-10(6-11)15-12(16)7-2-8(13)4-9(14)3-7/h2-4,10-11H,5-6,14H2,1H3,(H,15,16). The van der Waals surface area contributed by atoms with Crippen LogP contribution in [0.1, 0.15) is 23.2 Å². The van der Waals surface area contributed by atoms with Crippen molar-refractivity contribution in [1.82, 2.24) is 5.32 Å². The minimum Gasteiger partial charge on any atom is -0.399 e. The van der Waals surface area contributed by atoms with E-state index in [4.69, 9.17) is 22.1 Å². The number of rotatable bonds is 3. The van der Waals surface area contributed by atoms with E-state index in [-0.39, 0.29) is 18.1 Å². The molecule has 0 unspecified atom stereocenters. The van der Waals surface area contributed by atoms with Gasteiger partial charge in [0, 0.05) is 29.4 Å². The van der Waals surface area contributed by atoms with Crippen molar-refractivity contribution in [3.05, 3.63) is 28.8 Å². The number of nitrogens with one attached hydrogen (secondary N) is 1. The van der Waals surface area contributed by atoms with E-state index in [0.717, 1.165) is 12.8 Å². The molecule has 4 nitrogen and oxygen atoms in total. The lowest BCUT2D eigenvalue weighted by molar-refractivity contribution is 0.0176. The molecule has 1 aliphatic rings. The first-order valence-electron chi connectivity index (χ1n) is 5.48.